The zero-order chi connectivity index (χ0) is 18.8. The standard InChI is InChI=1S/C20H21N5O2/c21-18(13-4-2-1-3-5-13)20(27)25-9-8-14(12-25)19(26)23-16-6-7-17-15(10-16)11-22-24-17/h1-7,10-11,14,18H,8-9,12,21H2,(H,22,24)(H,23,26)/t14?,18-/m1/s1. The van der Waals surface area contributed by atoms with E-state index in [1.54, 1.807) is 11.1 Å². The number of nitrogens with one attached hydrogen (secondary N) is 2. The fourth-order valence-corrected chi connectivity index (χ4v) is 3.44. The zero-order valence-electron chi connectivity index (χ0n) is 14.8. The summed E-state index contributed by atoms with van der Waals surface area (Å²) in [5, 5.41) is 10.7. The molecule has 0 bridgehead atoms. The van der Waals surface area contributed by atoms with Crippen molar-refractivity contribution in [3.8, 4) is 0 Å². The minimum Gasteiger partial charge on any atom is -0.340 e. The topological polar surface area (TPSA) is 104 Å². The molecule has 4 rings (SSSR count). The minimum absolute atomic E-state index is 0.0820. The van der Waals surface area contributed by atoms with Gasteiger partial charge in [0.05, 0.1) is 17.6 Å². The first-order valence-corrected chi connectivity index (χ1v) is 8.95. The van der Waals surface area contributed by atoms with Crippen molar-refractivity contribution in [3.05, 3.63) is 60.3 Å². The number of fused-ring (bicyclic) bond motifs is 1. The third-order valence-electron chi connectivity index (χ3n) is 5.00. The summed E-state index contributed by atoms with van der Waals surface area (Å²) < 4.78 is 0. The van der Waals surface area contributed by atoms with E-state index in [2.05, 4.69) is 15.5 Å². The highest BCUT2D eigenvalue weighted by atomic mass is 16.2. The summed E-state index contributed by atoms with van der Waals surface area (Å²) in [4.78, 5) is 26.9. The van der Waals surface area contributed by atoms with Gasteiger partial charge in [-0.05, 0) is 30.2 Å². The number of anilines is 1. The van der Waals surface area contributed by atoms with Gasteiger partial charge in [0.1, 0.15) is 6.04 Å². The van der Waals surface area contributed by atoms with E-state index < -0.39 is 6.04 Å². The third kappa shape index (κ3) is 3.54. The summed E-state index contributed by atoms with van der Waals surface area (Å²) in [7, 11) is 0. The van der Waals surface area contributed by atoms with Gasteiger partial charge in [-0.3, -0.25) is 14.7 Å². The van der Waals surface area contributed by atoms with Crippen molar-refractivity contribution in [2.75, 3.05) is 18.4 Å². The normalized spacial score (nSPS) is 17.8. The summed E-state index contributed by atoms with van der Waals surface area (Å²) >= 11 is 0. The number of aromatic nitrogens is 2. The van der Waals surface area contributed by atoms with Gasteiger partial charge in [-0.15, -0.1) is 0 Å². The van der Waals surface area contributed by atoms with Crippen molar-refractivity contribution in [1.82, 2.24) is 15.1 Å². The van der Waals surface area contributed by atoms with Crippen molar-refractivity contribution in [3.63, 3.8) is 0 Å². The Morgan fingerprint density at radius 1 is 1.22 bits per heavy atom. The van der Waals surface area contributed by atoms with Crippen LogP contribution in [0, 0.1) is 5.92 Å². The number of benzene rings is 2. The highest BCUT2D eigenvalue weighted by molar-refractivity contribution is 5.95. The second kappa shape index (κ2) is 7.20. The monoisotopic (exact) mass is 363 g/mol. The number of H-pyrrole nitrogens is 1. The smallest absolute Gasteiger partial charge is 0.244 e. The number of rotatable bonds is 4. The zero-order valence-corrected chi connectivity index (χ0v) is 14.8. The quantitative estimate of drug-likeness (QED) is 0.660. The van der Waals surface area contributed by atoms with Crippen LogP contribution in [0.15, 0.2) is 54.7 Å². The van der Waals surface area contributed by atoms with E-state index in [1.807, 2.05) is 48.5 Å². The Bertz CT molecular complexity index is 969. The minimum atomic E-state index is -0.698. The molecule has 2 aromatic carbocycles. The van der Waals surface area contributed by atoms with E-state index in [-0.39, 0.29) is 17.7 Å². The molecule has 1 saturated heterocycles. The highest BCUT2D eigenvalue weighted by Gasteiger charge is 2.33. The molecule has 0 saturated carbocycles. The molecule has 0 radical (unpaired) electrons. The molecule has 1 aromatic heterocycles. The number of carbonyl (C=O) groups is 2. The number of aromatic amines is 1. The summed E-state index contributed by atoms with van der Waals surface area (Å²) in [6.07, 6.45) is 2.35. The van der Waals surface area contributed by atoms with Crippen LogP contribution in [-0.2, 0) is 9.59 Å². The molecule has 1 aliphatic rings. The molecule has 1 fully saturated rings. The first-order valence-electron chi connectivity index (χ1n) is 8.95. The summed E-state index contributed by atoms with van der Waals surface area (Å²) in [5.41, 5.74) is 8.53. The van der Waals surface area contributed by atoms with Crippen molar-refractivity contribution in [1.29, 1.82) is 0 Å². The van der Waals surface area contributed by atoms with Gasteiger partial charge in [-0.1, -0.05) is 30.3 Å². The molecule has 1 aliphatic heterocycles. The van der Waals surface area contributed by atoms with Gasteiger partial charge in [-0.25, -0.2) is 0 Å². The first-order chi connectivity index (χ1) is 13.1. The van der Waals surface area contributed by atoms with Crippen molar-refractivity contribution in [2.45, 2.75) is 12.5 Å². The van der Waals surface area contributed by atoms with Crippen molar-refractivity contribution in [2.24, 2.45) is 11.7 Å². The summed E-state index contributed by atoms with van der Waals surface area (Å²) in [5.74, 6) is -0.463. The van der Waals surface area contributed by atoms with E-state index >= 15 is 0 Å². The largest absolute Gasteiger partial charge is 0.340 e. The average Bonchev–Trinajstić information content (AvgIpc) is 3.36. The van der Waals surface area contributed by atoms with Crippen LogP contribution in [-0.4, -0.2) is 40.0 Å². The van der Waals surface area contributed by atoms with Crippen LogP contribution < -0.4 is 11.1 Å². The molecule has 4 N–H and O–H groups in total. The molecule has 2 heterocycles. The lowest BCUT2D eigenvalue weighted by molar-refractivity contribution is -0.132. The molecule has 138 valence electrons. The lowest BCUT2D eigenvalue weighted by Gasteiger charge is -2.21. The van der Waals surface area contributed by atoms with Crippen LogP contribution in [0.5, 0.6) is 0 Å². The molecular weight excluding hydrogens is 342 g/mol. The van der Waals surface area contributed by atoms with E-state index in [0.717, 1.165) is 22.2 Å². The van der Waals surface area contributed by atoms with Gasteiger partial charge in [0.25, 0.3) is 0 Å². The van der Waals surface area contributed by atoms with Crippen LogP contribution in [0.25, 0.3) is 10.9 Å². The number of amides is 2. The van der Waals surface area contributed by atoms with Gasteiger partial charge in [0.15, 0.2) is 0 Å². The molecule has 27 heavy (non-hydrogen) atoms. The van der Waals surface area contributed by atoms with Gasteiger partial charge in [0.2, 0.25) is 11.8 Å². The second-order valence-corrected chi connectivity index (χ2v) is 6.82. The Kier molecular flexibility index (Phi) is 4.60. The number of nitrogens with two attached hydrogens (primary N) is 1. The van der Waals surface area contributed by atoms with E-state index in [9.17, 15) is 9.59 Å². The molecule has 2 atom stereocenters. The SMILES string of the molecule is N[C@@H](C(=O)N1CCC(C(=O)Nc2ccc3[nH]ncc3c2)C1)c1ccccc1. The van der Waals surface area contributed by atoms with Gasteiger partial charge in [-0.2, -0.15) is 5.10 Å². The van der Waals surface area contributed by atoms with Crippen LogP contribution in [0.2, 0.25) is 0 Å². The maximum Gasteiger partial charge on any atom is 0.244 e. The van der Waals surface area contributed by atoms with Crippen molar-refractivity contribution < 1.29 is 9.59 Å². The van der Waals surface area contributed by atoms with E-state index in [0.29, 0.717) is 19.5 Å². The first kappa shape index (κ1) is 17.2. The maximum absolute atomic E-state index is 12.6. The molecule has 0 aliphatic carbocycles. The highest BCUT2D eigenvalue weighted by Crippen LogP contribution is 2.23. The average molecular weight is 363 g/mol. The van der Waals surface area contributed by atoms with Crippen LogP contribution in [0.4, 0.5) is 5.69 Å². The maximum atomic E-state index is 12.6. The summed E-state index contributed by atoms with van der Waals surface area (Å²) in [6.45, 7) is 0.928. The lowest BCUT2D eigenvalue weighted by Crippen LogP contribution is -2.38. The predicted octanol–water partition coefficient (Wildman–Crippen LogP) is 2.05. The number of nitrogens with zero attached hydrogens (tertiary/aromatic N) is 2. The summed E-state index contributed by atoms with van der Waals surface area (Å²) in [6, 6.07) is 14.2. The van der Waals surface area contributed by atoms with Crippen LogP contribution >= 0.6 is 0 Å². The van der Waals surface area contributed by atoms with Crippen LogP contribution in [0.3, 0.4) is 0 Å². The fourth-order valence-electron chi connectivity index (χ4n) is 3.44. The van der Waals surface area contributed by atoms with Crippen LogP contribution in [0.1, 0.15) is 18.0 Å². The molecule has 1 unspecified atom stereocenters. The Hall–Kier alpha value is -3.19. The second-order valence-electron chi connectivity index (χ2n) is 6.82. The lowest BCUT2D eigenvalue weighted by atomic mass is 10.1. The molecule has 0 spiro atoms. The third-order valence-corrected chi connectivity index (χ3v) is 5.00. The molecule has 3 aromatic rings. The number of hydrogen-bond acceptors (Lipinski definition) is 4. The van der Waals surface area contributed by atoms with Crippen molar-refractivity contribution >= 4 is 28.4 Å². The predicted molar refractivity (Wildman–Crippen MR) is 103 cm³/mol. The van der Waals surface area contributed by atoms with Gasteiger partial charge in [0, 0.05) is 24.2 Å². The Morgan fingerprint density at radius 3 is 2.85 bits per heavy atom. The number of hydrogen-bond donors (Lipinski definition) is 3. The van der Waals surface area contributed by atoms with Gasteiger partial charge < -0.3 is 16.0 Å². The number of likely N-dealkylation sites (tertiary alicyclic amines) is 1. The molecular formula is C20H21N5O2. The molecule has 7 nitrogen and oxygen atoms in total. The fraction of sp³-hybridized carbons (Fsp3) is 0.250. The molecule has 2 amide bonds. The Balaban J connectivity index is 1.38. The van der Waals surface area contributed by atoms with E-state index in [4.69, 9.17) is 5.73 Å². The molecule has 7 heteroatoms. The Morgan fingerprint density at radius 2 is 2.04 bits per heavy atom. The van der Waals surface area contributed by atoms with E-state index in [1.165, 1.54) is 0 Å². The Labute approximate surface area is 156 Å². The van der Waals surface area contributed by atoms with Gasteiger partial charge >= 0.3 is 0 Å². The number of carbonyl (C=O) groups excluding carboxylic acids is 2.